The molecule has 0 unspecified atom stereocenters. The number of benzene rings is 2. The second kappa shape index (κ2) is 9.60. The molecule has 0 heterocycles. The summed E-state index contributed by atoms with van der Waals surface area (Å²) in [5.74, 6) is -0.615. The number of esters is 1. The minimum Gasteiger partial charge on any atom is -0.466 e. The Kier molecular flexibility index (Phi) is 7.67. The molecule has 0 aliphatic carbocycles. The molecule has 29 heavy (non-hydrogen) atoms. The van der Waals surface area contributed by atoms with Crippen LogP contribution in [0.15, 0.2) is 53.4 Å². The highest BCUT2D eigenvalue weighted by molar-refractivity contribution is 7.89. The Labute approximate surface area is 172 Å². The first-order valence-corrected chi connectivity index (χ1v) is 10.4. The zero-order valence-electron chi connectivity index (χ0n) is 15.4. The number of carbonyl (C=O) groups is 1. The molecule has 0 bridgehead atoms. The monoisotopic (exact) mass is 449 g/mol. The Morgan fingerprint density at radius 1 is 1.14 bits per heavy atom. The molecule has 0 aliphatic heterocycles. The van der Waals surface area contributed by atoms with Gasteiger partial charge in [0.15, 0.2) is 0 Å². The normalized spacial score (nSPS) is 12.2. The Morgan fingerprint density at radius 3 is 2.38 bits per heavy atom. The maximum absolute atomic E-state index is 13.1. The van der Waals surface area contributed by atoms with Crippen LogP contribution in [0.2, 0.25) is 5.02 Å². The summed E-state index contributed by atoms with van der Waals surface area (Å²) in [5, 5.41) is -0.341. The lowest BCUT2D eigenvalue weighted by Gasteiger charge is -2.23. The number of hydrogen-bond acceptors (Lipinski definition) is 4. The number of rotatable bonds is 8. The minimum absolute atomic E-state index is 0.129. The number of ether oxygens (including phenoxy) is 1. The van der Waals surface area contributed by atoms with Gasteiger partial charge in [0, 0.05) is 13.1 Å². The third-order valence-electron chi connectivity index (χ3n) is 3.95. The van der Waals surface area contributed by atoms with Crippen LogP contribution in [0.25, 0.3) is 0 Å². The number of hydrogen-bond donors (Lipinski definition) is 0. The van der Waals surface area contributed by atoms with Crippen molar-refractivity contribution in [3.63, 3.8) is 0 Å². The van der Waals surface area contributed by atoms with Crippen molar-refractivity contribution in [2.45, 2.75) is 31.0 Å². The van der Waals surface area contributed by atoms with Gasteiger partial charge in [0.2, 0.25) is 10.0 Å². The Morgan fingerprint density at radius 2 is 1.79 bits per heavy atom. The first kappa shape index (κ1) is 23.2. The molecule has 0 saturated carbocycles. The lowest BCUT2D eigenvalue weighted by atomic mass is 10.2. The predicted octanol–water partition coefficient (Wildman–Crippen LogP) is 4.50. The highest BCUT2D eigenvalue weighted by Gasteiger charge is 2.34. The van der Waals surface area contributed by atoms with Gasteiger partial charge in [-0.2, -0.15) is 17.5 Å². The number of sulfonamides is 1. The van der Waals surface area contributed by atoms with Crippen molar-refractivity contribution in [2.24, 2.45) is 0 Å². The first-order valence-electron chi connectivity index (χ1n) is 8.62. The fourth-order valence-corrected chi connectivity index (χ4v) is 4.47. The van der Waals surface area contributed by atoms with E-state index in [1.165, 1.54) is 0 Å². The van der Waals surface area contributed by atoms with E-state index in [0.29, 0.717) is 17.7 Å². The molecule has 2 aromatic rings. The van der Waals surface area contributed by atoms with E-state index in [-0.39, 0.29) is 31.1 Å². The van der Waals surface area contributed by atoms with E-state index < -0.39 is 32.6 Å². The van der Waals surface area contributed by atoms with Crippen molar-refractivity contribution < 1.29 is 31.1 Å². The quantitative estimate of drug-likeness (QED) is 0.556. The van der Waals surface area contributed by atoms with E-state index in [1.54, 1.807) is 37.3 Å². The van der Waals surface area contributed by atoms with Gasteiger partial charge in [-0.1, -0.05) is 41.9 Å². The summed E-state index contributed by atoms with van der Waals surface area (Å²) in [6.45, 7) is 1.32. The summed E-state index contributed by atoms with van der Waals surface area (Å²) in [6, 6.07) is 10.6. The maximum Gasteiger partial charge on any atom is 0.416 e. The summed E-state index contributed by atoms with van der Waals surface area (Å²) in [4.78, 5) is 11.0. The van der Waals surface area contributed by atoms with Crippen molar-refractivity contribution in [1.29, 1.82) is 0 Å². The molecule has 0 atom stereocenters. The topological polar surface area (TPSA) is 63.7 Å². The van der Waals surface area contributed by atoms with Crippen LogP contribution in [-0.2, 0) is 32.3 Å². The molecule has 0 radical (unpaired) electrons. The van der Waals surface area contributed by atoms with E-state index in [2.05, 4.69) is 0 Å². The van der Waals surface area contributed by atoms with Crippen LogP contribution in [0.1, 0.15) is 24.5 Å². The molecule has 5 nitrogen and oxygen atoms in total. The van der Waals surface area contributed by atoms with Gasteiger partial charge >= 0.3 is 12.1 Å². The molecule has 0 N–H and O–H groups in total. The molecule has 2 aromatic carbocycles. The molecular formula is C19H19ClF3NO4S. The summed E-state index contributed by atoms with van der Waals surface area (Å²) >= 11 is 5.93. The highest BCUT2D eigenvalue weighted by Crippen LogP contribution is 2.34. The summed E-state index contributed by atoms with van der Waals surface area (Å²) in [5.41, 5.74) is -0.534. The molecule has 0 amide bonds. The molecule has 0 aromatic heterocycles. The number of alkyl halides is 3. The smallest absolute Gasteiger partial charge is 0.416 e. The molecule has 158 valence electrons. The average Bonchev–Trinajstić information content (AvgIpc) is 2.65. The van der Waals surface area contributed by atoms with Gasteiger partial charge in [0.1, 0.15) is 4.90 Å². The lowest BCUT2D eigenvalue weighted by Crippen LogP contribution is -2.33. The Hall–Kier alpha value is -2.10. The van der Waals surface area contributed by atoms with Gasteiger partial charge in [0.05, 0.1) is 23.6 Å². The van der Waals surface area contributed by atoms with Crippen molar-refractivity contribution in [3.05, 3.63) is 64.7 Å². The summed E-state index contributed by atoms with van der Waals surface area (Å²) in [7, 11) is -4.43. The van der Waals surface area contributed by atoms with Crippen LogP contribution in [0.4, 0.5) is 13.2 Å². The van der Waals surface area contributed by atoms with E-state index in [1.807, 2.05) is 0 Å². The van der Waals surface area contributed by atoms with E-state index in [9.17, 15) is 26.4 Å². The fourth-order valence-electron chi connectivity index (χ4n) is 2.54. The number of carbonyl (C=O) groups excluding carboxylic acids is 1. The third-order valence-corrected chi connectivity index (χ3v) is 6.28. The van der Waals surface area contributed by atoms with E-state index in [4.69, 9.17) is 16.3 Å². The zero-order valence-corrected chi connectivity index (χ0v) is 17.0. The van der Waals surface area contributed by atoms with Crippen molar-refractivity contribution in [1.82, 2.24) is 4.31 Å². The summed E-state index contributed by atoms with van der Waals surface area (Å²) < 4.78 is 71.2. The second-order valence-corrected chi connectivity index (χ2v) is 8.34. The summed E-state index contributed by atoms with van der Waals surface area (Å²) in [6.07, 6.45) is -4.99. The second-order valence-electron chi connectivity index (χ2n) is 6.02. The molecular weight excluding hydrogens is 431 g/mol. The van der Waals surface area contributed by atoms with Crippen molar-refractivity contribution in [2.75, 3.05) is 13.2 Å². The standard InChI is InChI=1S/C19H19ClF3NO4S/c1-2-28-18(25)10-11-24(13-14-6-4-3-5-7-14)29(26,27)17-12-15(19(21,22)23)8-9-16(17)20/h3-9,12H,2,10-11,13H2,1H3. The van der Waals surface area contributed by atoms with Crippen LogP contribution in [0.5, 0.6) is 0 Å². The van der Waals surface area contributed by atoms with Gasteiger partial charge in [-0.05, 0) is 30.7 Å². The van der Waals surface area contributed by atoms with E-state index in [0.717, 1.165) is 10.4 Å². The van der Waals surface area contributed by atoms with Gasteiger partial charge < -0.3 is 4.74 Å². The Balaban J connectivity index is 2.43. The first-order chi connectivity index (χ1) is 13.6. The largest absolute Gasteiger partial charge is 0.466 e. The number of halogens is 4. The SMILES string of the molecule is CCOC(=O)CCN(Cc1ccccc1)S(=O)(=O)c1cc(C(F)(F)F)ccc1Cl. The fraction of sp³-hybridized carbons (Fsp3) is 0.316. The third kappa shape index (κ3) is 6.19. The molecule has 0 spiro atoms. The maximum atomic E-state index is 13.1. The van der Waals surface area contributed by atoms with Crippen LogP contribution in [0.3, 0.4) is 0 Å². The van der Waals surface area contributed by atoms with Gasteiger partial charge in [-0.25, -0.2) is 8.42 Å². The molecule has 0 fully saturated rings. The van der Waals surface area contributed by atoms with Gasteiger partial charge in [0.25, 0.3) is 0 Å². The zero-order chi connectivity index (χ0) is 21.7. The van der Waals surface area contributed by atoms with Crippen molar-refractivity contribution >= 4 is 27.6 Å². The highest BCUT2D eigenvalue weighted by atomic mass is 35.5. The van der Waals surface area contributed by atoms with Crippen LogP contribution in [0, 0.1) is 0 Å². The lowest BCUT2D eigenvalue weighted by molar-refractivity contribution is -0.143. The Bertz CT molecular complexity index is 950. The predicted molar refractivity (Wildman–Crippen MR) is 102 cm³/mol. The number of nitrogens with zero attached hydrogens (tertiary/aromatic N) is 1. The molecule has 10 heteroatoms. The average molecular weight is 450 g/mol. The van der Waals surface area contributed by atoms with Gasteiger partial charge in [-0.3, -0.25) is 4.79 Å². The molecule has 0 aliphatic rings. The minimum atomic E-state index is -4.73. The molecule has 2 rings (SSSR count). The van der Waals surface area contributed by atoms with Gasteiger partial charge in [-0.15, -0.1) is 0 Å². The van der Waals surface area contributed by atoms with E-state index >= 15 is 0 Å². The molecule has 0 saturated heterocycles. The van der Waals surface area contributed by atoms with Crippen LogP contribution in [-0.4, -0.2) is 31.8 Å². The van der Waals surface area contributed by atoms with Crippen LogP contribution >= 0.6 is 11.6 Å². The van der Waals surface area contributed by atoms with Crippen LogP contribution < -0.4 is 0 Å². The van der Waals surface area contributed by atoms with Crippen molar-refractivity contribution in [3.8, 4) is 0 Å².